The van der Waals surface area contributed by atoms with Gasteiger partial charge in [0.25, 0.3) is 5.91 Å². The highest BCUT2D eigenvalue weighted by Crippen LogP contribution is 2.32. The molecule has 1 aromatic heterocycles. The molecule has 2 aromatic rings. The Balaban J connectivity index is 1.62. The lowest BCUT2D eigenvalue weighted by Gasteiger charge is -2.09. The van der Waals surface area contributed by atoms with Crippen LogP contribution < -0.4 is 19.5 Å². The van der Waals surface area contributed by atoms with Crippen LogP contribution in [0.4, 0.5) is 18.9 Å². The molecule has 0 saturated carbocycles. The molecule has 24 heavy (non-hydrogen) atoms. The molecule has 0 fully saturated rings. The van der Waals surface area contributed by atoms with Gasteiger partial charge in [-0.2, -0.15) is 13.2 Å². The average molecular weight is 340 g/mol. The Kier molecular flexibility index (Phi) is 4.15. The summed E-state index contributed by atoms with van der Waals surface area (Å²) in [6.45, 7) is -1.33. The average Bonchev–Trinajstić information content (AvgIpc) is 3.01. The highest BCUT2D eigenvalue weighted by atomic mass is 19.4. The number of hydrogen-bond acceptors (Lipinski definition) is 5. The number of nitrogens with one attached hydrogen (secondary N) is 1. The van der Waals surface area contributed by atoms with Gasteiger partial charge in [0.1, 0.15) is 0 Å². The number of carbonyl (C=O) groups is 1. The number of rotatable bonds is 4. The Bertz CT molecular complexity index is 747. The van der Waals surface area contributed by atoms with E-state index in [2.05, 4.69) is 15.0 Å². The van der Waals surface area contributed by atoms with E-state index in [1.54, 1.807) is 12.1 Å². The third-order valence-electron chi connectivity index (χ3n) is 3.01. The molecule has 6 nitrogen and oxygen atoms in total. The number of alkyl halides is 3. The zero-order valence-corrected chi connectivity index (χ0v) is 12.1. The molecule has 2 heterocycles. The molecule has 1 amide bonds. The number of ether oxygens (including phenoxy) is 3. The van der Waals surface area contributed by atoms with Crippen molar-refractivity contribution < 1.29 is 32.2 Å². The lowest BCUT2D eigenvalue weighted by molar-refractivity contribution is -0.154. The highest BCUT2D eigenvalue weighted by molar-refractivity contribution is 6.04. The topological polar surface area (TPSA) is 69.7 Å². The van der Waals surface area contributed by atoms with Crippen LogP contribution in [0.15, 0.2) is 36.5 Å². The molecule has 1 aliphatic heterocycles. The number of nitrogens with zero attached hydrogens (tertiary/aromatic N) is 1. The van der Waals surface area contributed by atoms with Crippen LogP contribution in [0.5, 0.6) is 17.4 Å². The predicted octanol–water partition coefficient (Wildman–Crippen LogP) is 3.00. The van der Waals surface area contributed by atoms with Gasteiger partial charge in [-0.3, -0.25) is 4.79 Å². The summed E-state index contributed by atoms with van der Waals surface area (Å²) in [5, 5.41) is 2.57. The molecule has 0 bridgehead atoms. The molecule has 0 unspecified atom stereocenters. The van der Waals surface area contributed by atoms with Gasteiger partial charge in [0.05, 0.1) is 11.9 Å². The third kappa shape index (κ3) is 3.86. The third-order valence-corrected chi connectivity index (χ3v) is 3.01. The first-order valence-electron chi connectivity index (χ1n) is 6.77. The Morgan fingerprint density at radius 3 is 2.71 bits per heavy atom. The van der Waals surface area contributed by atoms with Gasteiger partial charge in [-0.15, -0.1) is 0 Å². The minimum atomic E-state index is -4.44. The minimum Gasteiger partial charge on any atom is -0.468 e. The zero-order chi connectivity index (χ0) is 17.2. The molecule has 1 aliphatic rings. The van der Waals surface area contributed by atoms with Crippen molar-refractivity contribution in [1.29, 1.82) is 0 Å². The summed E-state index contributed by atoms with van der Waals surface area (Å²) < 4.78 is 51.0. The van der Waals surface area contributed by atoms with Crippen molar-refractivity contribution in [1.82, 2.24) is 4.98 Å². The molecule has 0 aliphatic carbocycles. The summed E-state index contributed by atoms with van der Waals surface area (Å²) in [7, 11) is 0. The van der Waals surface area contributed by atoms with E-state index in [0.717, 1.165) is 0 Å². The lowest BCUT2D eigenvalue weighted by atomic mass is 10.2. The number of hydrogen-bond donors (Lipinski definition) is 1. The van der Waals surface area contributed by atoms with Gasteiger partial charge in [-0.25, -0.2) is 4.98 Å². The zero-order valence-electron chi connectivity index (χ0n) is 12.1. The molecule has 3 rings (SSSR count). The Morgan fingerprint density at radius 2 is 2.00 bits per heavy atom. The monoisotopic (exact) mass is 340 g/mol. The molecule has 0 spiro atoms. The van der Waals surface area contributed by atoms with Crippen LogP contribution in [0.2, 0.25) is 0 Å². The van der Waals surface area contributed by atoms with E-state index in [0.29, 0.717) is 22.7 Å². The first-order valence-corrected chi connectivity index (χ1v) is 6.77. The van der Waals surface area contributed by atoms with Gasteiger partial charge in [-0.1, -0.05) is 0 Å². The fourth-order valence-electron chi connectivity index (χ4n) is 1.94. The van der Waals surface area contributed by atoms with Gasteiger partial charge in [0.15, 0.2) is 18.1 Å². The second-order valence-corrected chi connectivity index (χ2v) is 4.81. The standard InChI is InChI=1S/C15H11F3N2O4/c16-15(17,18)7-22-13-4-2-10(6-19-13)20-14(21)9-1-3-11-12(5-9)24-8-23-11/h1-6H,7-8H2,(H,20,21). The molecule has 126 valence electrons. The lowest BCUT2D eigenvalue weighted by Crippen LogP contribution is -2.19. The maximum atomic E-state index is 12.1. The van der Waals surface area contributed by atoms with Gasteiger partial charge in [-0.05, 0) is 24.3 Å². The molecular weight excluding hydrogens is 329 g/mol. The van der Waals surface area contributed by atoms with Crippen molar-refractivity contribution >= 4 is 11.6 Å². The number of pyridine rings is 1. The largest absolute Gasteiger partial charge is 0.468 e. The SMILES string of the molecule is O=C(Nc1ccc(OCC(F)(F)F)nc1)c1ccc2c(c1)OCO2. The summed E-state index contributed by atoms with van der Waals surface area (Å²) in [6, 6.07) is 7.34. The minimum absolute atomic E-state index is 0.101. The molecule has 0 atom stereocenters. The Morgan fingerprint density at radius 1 is 1.21 bits per heavy atom. The van der Waals surface area contributed by atoms with Crippen molar-refractivity contribution in [3.63, 3.8) is 0 Å². The Labute approximate surface area is 134 Å². The molecule has 9 heteroatoms. The smallest absolute Gasteiger partial charge is 0.422 e. The number of benzene rings is 1. The summed E-state index contributed by atoms with van der Waals surface area (Å²) >= 11 is 0. The summed E-state index contributed by atoms with van der Waals surface area (Å²) in [4.78, 5) is 15.8. The van der Waals surface area contributed by atoms with Gasteiger partial charge in [0, 0.05) is 11.6 Å². The molecule has 1 N–H and O–H groups in total. The number of fused-ring (bicyclic) bond motifs is 1. The van der Waals surface area contributed by atoms with Crippen LogP contribution in [-0.4, -0.2) is 30.5 Å². The van der Waals surface area contributed by atoms with Gasteiger partial charge < -0.3 is 19.5 Å². The second kappa shape index (κ2) is 6.26. The van der Waals surface area contributed by atoms with Crippen LogP contribution in [0.3, 0.4) is 0 Å². The number of anilines is 1. The van der Waals surface area contributed by atoms with E-state index in [1.165, 1.54) is 24.4 Å². The molecule has 1 aromatic carbocycles. The molecular formula is C15H11F3N2O4. The van der Waals surface area contributed by atoms with Crippen LogP contribution >= 0.6 is 0 Å². The maximum absolute atomic E-state index is 12.1. The maximum Gasteiger partial charge on any atom is 0.422 e. The first-order chi connectivity index (χ1) is 11.4. The fourth-order valence-corrected chi connectivity index (χ4v) is 1.94. The van der Waals surface area contributed by atoms with E-state index >= 15 is 0 Å². The first kappa shape index (κ1) is 15.9. The van der Waals surface area contributed by atoms with E-state index in [9.17, 15) is 18.0 Å². The molecule has 0 saturated heterocycles. The number of amides is 1. The van der Waals surface area contributed by atoms with E-state index < -0.39 is 18.7 Å². The quantitative estimate of drug-likeness (QED) is 0.927. The highest BCUT2D eigenvalue weighted by Gasteiger charge is 2.28. The van der Waals surface area contributed by atoms with E-state index in [4.69, 9.17) is 9.47 Å². The molecule has 0 radical (unpaired) electrons. The van der Waals surface area contributed by atoms with Gasteiger partial charge in [0.2, 0.25) is 12.7 Å². The van der Waals surface area contributed by atoms with Crippen molar-refractivity contribution in [3.8, 4) is 17.4 Å². The van der Waals surface area contributed by atoms with Crippen LogP contribution in [0.1, 0.15) is 10.4 Å². The summed E-state index contributed by atoms with van der Waals surface area (Å²) in [5.41, 5.74) is 0.661. The van der Waals surface area contributed by atoms with Crippen molar-refractivity contribution in [2.75, 3.05) is 18.7 Å². The van der Waals surface area contributed by atoms with Crippen LogP contribution in [-0.2, 0) is 0 Å². The summed E-state index contributed by atoms with van der Waals surface area (Å²) in [6.07, 6.45) is -3.23. The fraction of sp³-hybridized carbons (Fsp3) is 0.200. The van der Waals surface area contributed by atoms with Crippen molar-refractivity contribution in [3.05, 3.63) is 42.1 Å². The van der Waals surface area contributed by atoms with Gasteiger partial charge >= 0.3 is 6.18 Å². The van der Waals surface area contributed by atoms with Crippen LogP contribution in [0, 0.1) is 0 Å². The predicted molar refractivity (Wildman–Crippen MR) is 76.3 cm³/mol. The normalized spacial score (nSPS) is 12.8. The summed E-state index contributed by atoms with van der Waals surface area (Å²) in [5.74, 6) is 0.420. The second-order valence-electron chi connectivity index (χ2n) is 4.81. The Hall–Kier alpha value is -2.97. The van der Waals surface area contributed by atoms with Crippen molar-refractivity contribution in [2.24, 2.45) is 0 Å². The number of halogens is 3. The van der Waals surface area contributed by atoms with Crippen molar-refractivity contribution in [2.45, 2.75) is 6.18 Å². The van der Waals surface area contributed by atoms with E-state index in [-0.39, 0.29) is 12.7 Å². The van der Waals surface area contributed by atoms with Crippen LogP contribution in [0.25, 0.3) is 0 Å². The number of aromatic nitrogens is 1. The van der Waals surface area contributed by atoms with E-state index in [1.807, 2.05) is 0 Å². The number of carbonyl (C=O) groups excluding carboxylic acids is 1.